The second-order valence-corrected chi connectivity index (χ2v) is 9.09. The number of nitrogens with zero attached hydrogens (tertiary/aromatic N) is 1. The van der Waals surface area contributed by atoms with Gasteiger partial charge in [0.2, 0.25) is 21.7 Å². The maximum atomic E-state index is 12.8. The summed E-state index contributed by atoms with van der Waals surface area (Å²) in [6.07, 6.45) is 0.643. The average Bonchev–Trinajstić information content (AvgIpc) is 2.78. The van der Waals surface area contributed by atoms with Gasteiger partial charge >= 0.3 is 0 Å². The zero-order chi connectivity index (χ0) is 23.9. The van der Waals surface area contributed by atoms with Gasteiger partial charge in [-0.15, -0.1) is 0 Å². The predicted octanol–water partition coefficient (Wildman–Crippen LogP) is 3.62. The standard InChI is InChI=1S/C23H32N2O6S/c1-7-25(8-2)32(27,28)18-11-9-16(3)19(15-18)24-22(26)12-10-17-13-20(29-4)23(31-6)21(14-17)30-5/h9,11,13-15H,7-8,10,12H2,1-6H3,(H,24,26). The van der Waals surface area contributed by atoms with E-state index in [-0.39, 0.29) is 17.2 Å². The van der Waals surface area contributed by atoms with E-state index in [1.807, 2.05) is 6.92 Å². The summed E-state index contributed by atoms with van der Waals surface area (Å²) in [5.74, 6) is 1.31. The number of aryl methyl sites for hydroxylation is 2. The van der Waals surface area contributed by atoms with Crippen LogP contribution in [0.3, 0.4) is 0 Å². The van der Waals surface area contributed by atoms with Gasteiger partial charge in [0.25, 0.3) is 0 Å². The number of amides is 1. The molecule has 0 heterocycles. The van der Waals surface area contributed by atoms with E-state index < -0.39 is 10.0 Å². The fourth-order valence-electron chi connectivity index (χ4n) is 3.36. The Kier molecular flexibility index (Phi) is 8.91. The quantitative estimate of drug-likeness (QED) is 0.546. The largest absolute Gasteiger partial charge is 0.493 e. The lowest BCUT2D eigenvalue weighted by atomic mass is 10.1. The summed E-state index contributed by atoms with van der Waals surface area (Å²) >= 11 is 0. The van der Waals surface area contributed by atoms with Crippen LogP contribution in [0.1, 0.15) is 31.4 Å². The van der Waals surface area contributed by atoms with Crippen LogP contribution < -0.4 is 19.5 Å². The number of carbonyl (C=O) groups is 1. The Morgan fingerprint density at radius 1 is 0.969 bits per heavy atom. The molecule has 0 aliphatic rings. The summed E-state index contributed by atoms with van der Waals surface area (Å²) in [7, 11) is 0.996. The van der Waals surface area contributed by atoms with Crippen molar-refractivity contribution in [3.05, 3.63) is 41.5 Å². The molecule has 2 aromatic carbocycles. The van der Waals surface area contributed by atoms with Crippen molar-refractivity contribution in [1.29, 1.82) is 0 Å². The molecule has 0 unspecified atom stereocenters. The number of sulfonamides is 1. The number of hydrogen-bond donors (Lipinski definition) is 1. The van der Waals surface area contributed by atoms with Crippen LogP contribution in [0, 0.1) is 6.92 Å². The number of nitrogens with one attached hydrogen (secondary N) is 1. The minimum absolute atomic E-state index is 0.159. The fourth-order valence-corrected chi connectivity index (χ4v) is 4.84. The zero-order valence-electron chi connectivity index (χ0n) is 19.5. The number of rotatable bonds is 11. The minimum atomic E-state index is -3.61. The maximum absolute atomic E-state index is 12.8. The van der Waals surface area contributed by atoms with Gasteiger partial charge in [0.1, 0.15) is 0 Å². The van der Waals surface area contributed by atoms with E-state index in [1.165, 1.54) is 31.7 Å². The summed E-state index contributed by atoms with van der Waals surface area (Å²) < 4.78 is 43.0. The van der Waals surface area contributed by atoms with Crippen molar-refractivity contribution in [3.8, 4) is 17.2 Å². The van der Waals surface area contributed by atoms with Gasteiger partial charge in [0.15, 0.2) is 11.5 Å². The summed E-state index contributed by atoms with van der Waals surface area (Å²) in [6, 6.07) is 8.38. The molecule has 2 rings (SSSR count). The highest BCUT2D eigenvalue weighted by molar-refractivity contribution is 7.89. The number of hydrogen-bond acceptors (Lipinski definition) is 6. The molecule has 0 aromatic heterocycles. The number of ether oxygens (including phenoxy) is 3. The molecule has 2 aromatic rings. The molecule has 0 aliphatic heterocycles. The van der Waals surface area contributed by atoms with Gasteiger partial charge in [0, 0.05) is 25.2 Å². The molecule has 0 radical (unpaired) electrons. The molecular formula is C23H32N2O6S. The molecular weight excluding hydrogens is 432 g/mol. The zero-order valence-corrected chi connectivity index (χ0v) is 20.3. The molecule has 0 bridgehead atoms. The smallest absolute Gasteiger partial charge is 0.243 e. The van der Waals surface area contributed by atoms with E-state index in [2.05, 4.69) is 5.32 Å². The minimum Gasteiger partial charge on any atom is -0.493 e. The van der Waals surface area contributed by atoms with Crippen molar-refractivity contribution in [1.82, 2.24) is 4.31 Å². The van der Waals surface area contributed by atoms with E-state index in [9.17, 15) is 13.2 Å². The van der Waals surface area contributed by atoms with Crippen LogP contribution in [0.5, 0.6) is 17.2 Å². The molecule has 8 nitrogen and oxygen atoms in total. The SMILES string of the molecule is CCN(CC)S(=O)(=O)c1ccc(C)c(NC(=O)CCc2cc(OC)c(OC)c(OC)c2)c1. The van der Waals surface area contributed by atoms with Gasteiger partial charge in [-0.25, -0.2) is 8.42 Å². The topological polar surface area (TPSA) is 94.2 Å². The van der Waals surface area contributed by atoms with E-state index in [0.29, 0.717) is 42.4 Å². The molecule has 0 spiro atoms. The van der Waals surface area contributed by atoms with Crippen molar-refractivity contribution < 1.29 is 27.4 Å². The Morgan fingerprint density at radius 2 is 1.56 bits per heavy atom. The van der Waals surface area contributed by atoms with Gasteiger partial charge in [0.05, 0.1) is 26.2 Å². The normalized spacial score (nSPS) is 11.3. The highest BCUT2D eigenvalue weighted by Crippen LogP contribution is 2.38. The number of benzene rings is 2. The molecule has 0 saturated carbocycles. The van der Waals surface area contributed by atoms with Crippen LogP contribution in [-0.2, 0) is 21.2 Å². The van der Waals surface area contributed by atoms with Gasteiger partial charge < -0.3 is 19.5 Å². The third-order valence-electron chi connectivity index (χ3n) is 5.19. The molecule has 1 amide bonds. The van der Waals surface area contributed by atoms with Gasteiger partial charge in [-0.1, -0.05) is 19.9 Å². The van der Waals surface area contributed by atoms with Crippen molar-refractivity contribution in [2.24, 2.45) is 0 Å². The monoisotopic (exact) mass is 464 g/mol. The van der Waals surface area contributed by atoms with Gasteiger partial charge in [-0.3, -0.25) is 4.79 Å². The van der Waals surface area contributed by atoms with E-state index >= 15 is 0 Å². The van der Waals surface area contributed by atoms with Crippen LogP contribution >= 0.6 is 0 Å². The van der Waals surface area contributed by atoms with Crippen molar-refractivity contribution in [3.63, 3.8) is 0 Å². The average molecular weight is 465 g/mol. The predicted molar refractivity (Wildman–Crippen MR) is 124 cm³/mol. The lowest BCUT2D eigenvalue weighted by Gasteiger charge is -2.19. The van der Waals surface area contributed by atoms with Crippen LogP contribution in [0.4, 0.5) is 5.69 Å². The Labute approximate surface area is 190 Å². The molecule has 9 heteroatoms. The Bertz CT molecular complexity index is 1020. The highest BCUT2D eigenvalue weighted by atomic mass is 32.2. The summed E-state index contributed by atoms with van der Waals surface area (Å²) in [5.41, 5.74) is 2.11. The second kappa shape index (κ2) is 11.2. The first-order valence-corrected chi connectivity index (χ1v) is 11.8. The first kappa shape index (κ1) is 25.5. The van der Waals surface area contributed by atoms with Crippen LogP contribution in [0.15, 0.2) is 35.2 Å². The Hall–Kier alpha value is -2.78. The third kappa shape index (κ3) is 5.72. The first-order valence-electron chi connectivity index (χ1n) is 10.4. The lowest BCUT2D eigenvalue weighted by molar-refractivity contribution is -0.116. The van der Waals surface area contributed by atoms with E-state index in [0.717, 1.165) is 11.1 Å². The van der Waals surface area contributed by atoms with Gasteiger partial charge in [-0.2, -0.15) is 4.31 Å². The highest BCUT2D eigenvalue weighted by Gasteiger charge is 2.22. The molecule has 0 saturated heterocycles. The van der Waals surface area contributed by atoms with Crippen LogP contribution in [0.2, 0.25) is 0 Å². The number of methoxy groups -OCH3 is 3. The van der Waals surface area contributed by atoms with Crippen LogP contribution in [-0.4, -0.2) is 53.0 Å². The molecule has 176 valence electrons. The summed E-state index contributed by atoms with van der Waals surface area (Å²) in [6.45, 7) is 6.16. The van der Waals surface area contributed by atoms with Crippen LogP contribution in [0.25, 0.3) is 0 Å². The Morgan fingerprint density at radius 3 is 2.06 bits per heavy atom. The van der Waals surface area contributed by atoms with Crippen molar-refractivity contribution in [2.75, 3.05) is 39.7 Å². The maximum Gasteiger partial charge on any atom is 0.243 e. The van der Waals surface area contributed by atoms with E-state index in [1.54, 1.807) is 38.1 Å². The summed E-state index contributed by atoms with van der Waals surface area (Å²) in [5, 5.41) is 2.84. The molecule has 32 heavy (non-hydrogen) atoms. The fraction of sp³-hybridized carbons (Fsp3) is 0.435. The molecule has 0 aliphatic carbocycles. The first-order chi connectivity index (χ1) is 15.2. The Balaban J connectivity index is 2.17. The van der Waals surface area contributed by atoms with Gasteiger partial charge in [-0.05, 0) is 48.7 Å². The number of anilines is 1. The lowest BCUT2D eigenvalue weighted by Crippen LogP contribution is -2.30. The van der Waals surface area contributed by atoms with Crippen molar-refractivity contribution in [2.45, 2.75) is 38.5 Å². The van der Waals surface area contributed by atoms with E-state index in [4.69, 9.17) is 14.2 Å². The molecule has 0 atom stereocenters. The number of carbonyl (C=O) groups excluding carboxylic acids is 1. The van der Waals surface area contributed by atoms with Crippen molar-refractivity contribution >= 4 is 21.6 Å². The summed E-state index contributed by atoms with van der Waals surface area (Å²) in [4.78, 5) is 12.8. The third-order valence-corrected chi connectivity index (χ3v) is 7.24. The molecule has 1 N–H and O–H groups in total. The molecule has 0 fully saturated rings. The second-order valence-electron chi connectivity index (χ2n) is 7.15.